The molecule has 2 rings (SSSR count). The third kappa shape index (κ3) is 2.72. The van der Waals surface area contributed by atoms with E-state index in [2.05, 4.69) is 5.32 Å². The summed E-state index contributed by atoms with van der Waals surface area (Å²) in [6.45, 7) is 3.69. The standard InChI is InChI=1S/C13H18FNO2S/c1-9-7-8-18(16,17)10(2)13(15-9)11-3-5-12(14)6-4-11/h3-6,9-10,13,15H,7-8H2,1-2H3. The Bertz CT molecular complexity index is 512. The fourth-order valence-corrected chi connectivity index (χ4v) is 4.00. The SMILES string of the molecule is CC1CCS(=O)(=O)C(C)C(c2ccc(F)cc2)N1. The number of hydrogen-bond donors (Lipinski definition) is 1. The van der Waals surface area contributed by atoms with Crippen molar-refractivity contribution in [3.63, 3.8) is 0 Å². The normalized spacial score (nSPS) is 31.8. The van der Waals surface area contributed by atoms with Gasteiger partial charge in [-0.25, -0.2) is 12.8 Å². The fourth-order valence-electron chi connectivity index (χ4n) is 2.30. The van der Waals surface area contributed by atoms with Crippen molar-refractivity contribution in [2.45, 2.75) is 37.6 Å². The maximum Gasteiger partial charge on any atom is 0.154 e. The Morgan fingerprint density at radius 3 is 2.44 bits per heavy atom. The molecule has 1 saturated heterocycles. The Balaban J connectivity index is 2.37. The Kier molecular flexibility index (Phi) is 3.73. The van der Waals surface area contributed by atoms with Crippen LogP contribution in [0.3, 0.4) is 0 Å². The van der Waals surface area contributed by atoms with E-state index in [0.29, 0.717) is 6.42 Å². The molecule has 1 fully saturated rings. The molecule has 1 aromatic carbocycles. The van der Waals surface area contributed by atoms with E-state index in [1.165, 1.54) is 12.1 Å². The second-order valence-electron chi connectivity index (χ2n) is 4.96. The van der Waals surface area contributed by atoms with Crippen LogP contribution in [0, 0.1) is 5.82 Å². The van der Waals surface area contributed by atoms with Crippen LogP contribution in [-0.2, 0) is 9.84 Å². The second-order valence-corrected chi connectivity index (χ2v) is 7.44. The molecule has 0 saturated carbocycles. The van der Waals surface area contributed by atoms with E-state index >= 15 is 0 Å². The quantitative estimate of drug-likeness (QED) is 0.850. The van der Waals surface area contributed by atoms with Gasteiger partial charge < -0.3 is 5.32 Å². The van der Waals surface area contributed by atoms with E-state index in [9.17, 15) is 12.8 Å². The van der Waals surface area contributed by atoms with Crippen LogP contribution in [0.5, 0.6) is 0 Å². The molecule has 0 radical (unpaired) electrons. The van der Waals surface area contributed by atoms with Crippen molar-refractivity contribution in [1.82, 2.24) is 5.32 Å². The minimum absolute atomic E-state index is 0.139. The average molecular weight is 271 g/mol. The van der Waals surface area contributed by atoms with Gasteiger partial charge in [-0.3, -0.25) is 0 Å². The summed E-state index contributed by atoms with van der Waals surface area (Å²) in [5.41, 5.74) is 0.821. The predicted molar refractivity (Wildman–Crippen MR) is 69.6 cm³/mol. The Labute approximate surface area is 107 Å². The van der Waals surface area contributed by atoms with Crippen molar-refractivity contribution < 1.29 is 12.8 Å². The van der Waals surface area contributed by atoms with Crippen LogP contribution in [-0.4, -0.2) is 25.5 Å². The Morgan fingerprint density at radius 1 is 1.22 bits per heavy atom. The van der Waals surface area contributed by atoms with Gasteiger partial charge in [0.2, 0.25) is 0 Å². The van der Waals surface area contributed by atoms with Gasteiger partial charge in [0.05, 0.1) is 11.0 Å². The van der Waals surface area contributed by atoms with Gasteiger partial charge in [0.15, 0.2) is 9.84 Å². The molecule has 1 aliphatic heterocycles. The largest absolute Gasteiger partial charge is 0.306 e. The highest BCUT2D eigenvalue weighted by molar-refractivity contribution is 7.92. The van der Waals surface area contributed by atoms with Gasteiger partial charge in [-0.15, -0.1) is 0 Å². The van der Waals surface area contributed by atoms with E-state index in [1.807, 2.05) is 6.92 Å². The predicted octanol–water partition coefficient (Wildman–Crippen LogP) is 2.05. The molecule has 0 bridgehead atoms. The molecule has 1 heterocycles. The van der Waals surface area contributed by atoms with Crippen LogP contribution in [0.4, 0.5) is 4.39 Å². The van der Waals surface area contributed by atoms with Gasteiger partial charge >= 0.3 is 0 Å². The van der Waals surface area contributed by atoms with Crippen LogP contribution in [0.2, 0.25) is 0 Å². The third-order valence-corrected chi connectivity index (χ3v) is 5.77. The minimum Gasteiger partial charge on any atom is -0.306 e. The monoisotopic (exact) mass is 271 g/mol. The molecule has 1 aliphatic rings. The first-order valence-corrected chi connectivity index (χ1v) is 7.85. The zero-order chi connectivity index (χ0) is 13.3. The zero-order valence-corrected chi connectivity index (χ0v) is 11.4. The summed E-state index contributed by atoms with van der Waals surface area (Å²) in [5, 5.41) is 2.83. The highest BCUT2D eigenvalue weighted by Crippen LogP contribution is 2.27. The average Bonchev–Trinajstić information content (AvgIpc) is 2.42. The van der Waals surface area contributed by atoms with Crippen LogP contribution >= 0.6 is 0 Å². The first-order chi connectivity index (χ1) is 8.40. The summed E-state index contributed by atoms with van der Waals surface area (Å²) in [7, 11) is -3.09. The fraction of sp³-hybridized carbons (Fsp3) is 0.538. The molecule has 1 aromatic rings. The number of sulfone groups is 1. The number of benzene rings is 1. The van der Waals surface area contributed by atoms with Crippen LogP contribution in [0.25, 0.3) is 0 Å². The van der Waals surface area contributed by atoms with Crippen LogP contribution < -0.4 is 5.32 Å². The van der Waals surface area contributed by atoms with Gasteiger partial charge in [0, 0.05) is 12.1 Å². The molecular formula is C13H18FNO2S. The van der Waals surface area contributed by atoms with Gasteiger partial charge in [-0.2, -0.15) is 0 Å². The number of rotatable bonds is 1. The molecule has 0 amide bonds. The lowest BCUT2D eigenvalue weighted by atomic mass is 10.0. The first kappa shape index (κ1) is 13.5. The molecule has 5 heteroatoms. The van der Waals surface area contributed by atoms with E-state index in [-0.39, 0.29) is 23.7 Å². The lowest BCUT2D eigenvalue weighted by Gasteiger charge is -2.24. The van der Waals surface area contributed by atoms with Crippen molar-refractivity contribution in [1.29, 1.82) is 0 Å². The lowest BCUT2D eigenvalue weighted by molar-refractivity contribution is 0.451. The summed E-state index contributed by atoms with van der Waals surface area (Å²) in [4.78, 5) is 0. The summed E-state index contributed by atoms with van der Waals surface area (Å²) in [6, 6.07) is 5.90. The molecule has 100 valence electrons. The van der Waals surface area contributed by atoms with Gasteiger partial charge in [0.25, 0.3) is 0 Å². The minimum atomic E-state index is -3.09. The molecular weight excluding hydrogens is 253 g/mol. The maximum absolute atomic E-state index is 12.9. The molecule has 0 aromatic heterocycles. The van der Waals surface area contributed by atoms with E-state index < -0.39 is 15.1 Å². The van der Waals surface area contributed by atoms with Crippen LogP contribution in [0.15, 0.2) is 24.3 Å². The van der Waals surface area contributed by atoms with Crippen molar-refractivity contribution in [2.24, 2.45) is 0 Å². The van der Waals surface area contributed by atoms with Crippen molar-refractivity contribution >= 4 is 9.84 Å². The number of halogens is 1. The molecule has 18 heavy (non-hydrogen) atoms. The Morgan fingerprint density at radius 2 is 1.83 bits per heavy atom. The topological polar surface area (TPSA) is 46.2 Å². The van der Waals surface area contributed by atoms with E-state index in [4.69, 9.17) is 0 Å². The highest BCUT2D eigenvalue weighted by atomic mass is 32.2. The molecule has 3 atom stereocenters. The Hall–Kier alpha value is -0.940. The smallest absolute Gasteiger partial charge is 0.154 e. The highest BCUT2D eigenvalue weighted by Gasteiger charge is 2.34. The number of nitrogens with one attached hydrogen (secondary N) is 1. The molecule has 0 aliphatic carbocycles. The van der Waals surface area contributed by atoms with Gasteiger partial charge in [-0.1, -0.05) is 12.1 Å². The molecule has 0 spiro atoms. The maximum atomic E-state index is 12.9. The first-order valence-electron chi connectivity index (χ1n) is 6.13. The van der Waals surface area contributed by atoms with Crippen molar-refractivity contribution in [3.8, 4) is 0 Å². The summed E-state index contributed by atoms with van der Waals surface area (Å²) < 4.78 is 37.1. The van der Waals surface area contributed by atoms with E-state index in [1.54, 1.807) is 19.1 Å². The van der Waals surface area contributed by atoms with Crippen LogP contribution in [0.1, 0.15) is 31.9 Å². The van der Waals surface area contributed by atoms with Crippen molar-refractivity contribution in [3.05, 3.63) is 35.6 Å². The van der Waals surface area contributed by atoms with E-state index in [0.717, 1.165) is 5.56 Å². The summed E-state index contributed by atoms with van der Waals surface area (Å²) >= 11 is 0. The van der Waals surface area contributed by atoms with Crippen molar-refractivity contribution in [2.75, 3.05) is 5.75 Å². The summed E-state index contributed by atoms with van der Waals surface area (Å²) in [6.07, 6.45) is 0.615. The molecule has 3 unspecified atom stereocenters. The lowest BCUT2D eigenvalue weighted by Crippen LogP contribution is -2.36. The number of hydrogen-bond acceptors (Lipinski definition) is 3. The molecule has 3 nitrogen and oxygen atoms in total. The van der Waals surface area contributed by atoms with Gasteiger partial charge in [-0.05, 0) is 38.0 Å². The second kappa shape index (κ2) is 4.97. The zero-order valence-electron chi connectivity index (χ0n) is 10.6. The molecule has 1 N–H and O–H groups in total. The van der Waals surface area contributed by atoms with Gasteiger partial charge in [0.1, 0.15) is 5.82 Å². The summed E-state index contributed by atoms with van der Waals surface area (Å²) in [5.74, 6) is -0.101. The third-order valence-electron chi connectivity index (χ3n) is 3.56.